The number of hydrogen-bond acceptors (Lipinski definition) is 2. The summed E-state index contributed by atoms with van der Waals surface area (Å²) in [4.78, 5) is 13.9. The van der Waals surface area contributed by atoms with Crippen molar-refractivity contribution in [1.29, 1.82) is 0 Å². The van der Waals surface area contributed by atoms with Gasteiger partial charge in [-0.2, -0.15) is 0 Å². The number of nitrogens with one attached hydrogen (secondary N) is 1. The van der Waals surface area contributed by atoms with Crippen LogP contribution in [0.15, 0.2) is 59.0 Å². The molecule has 130 valence electrons. The van der Waals surface area contributed by atoms with Crippen molar-refractivity contribution in [1.82, 2.24) is 10.2 Å². The zero-order valence-electron chi connectivity index (χ0n) is 14.3. The lowest BCUT2D eigenvalue weighted by atomic mass is 10.1. The molecule has 2 aromatic carbocycles. The minimum Gasteiger partial charge on any atom is -0.459 e. The van der Waals surface area contributed by atoms with Gasteiger partial charge in [0.15, 0.2) is 0 Å². The van der Waals surface area contributed by atoms with Crippen molar-refractivity contribution in [3.05, 3.63) is 71.7 Å². The molecule has 0 aliphatic carbocycles. The number of para-hydroxylation sites is 1. The molecule has 3 rings (SSSR count). The number of fused-ring (bicyclic) bond motifs is 1. The maximum atomic E-state index is 13.2. The normalized spacial score (nSPS) is 12.1. The Morgan fingerprint density at radius 2 is 2.00 bits per heavy atom. The van der Waals surface area contributed by atoms with E-state index in [2.05, 4.69) is 5.32 Å². The zero-order valence-corrected chi connectivity index (χ0v) is 14.3. The molecule has 1 heterocycles. The van der Waals surface area contributed by atoms with Crippen molar-refractivity contribution < 1.29 is 13.6 Å². The van der Waals surface area contributed by atoms with Crippen LogP contribution in [0.2, 0.25) is 0 Å². The third-order valence-corrected chi connectivity index (χ3v) is 4.34. The Bertz CT molecular complexity index is 842. The molecule has 3 aromatic rings. The molecule has 1 N–H and O–H groups in total. The van der Waals surface area contributed by atoms with Gasteiger partial charge in [0.1, 0.15) is 17.2 Å². The maximum Gasteiger partial charge on any atom is 0.317 e. The van der Waals surface area contributed by atoms with Crippen LogP contribution in [0.3, 0.4) is 0 Å². The third-order valence-electron chi connectivity index (χ3n) is 4.34. The minimum absolute atomic E-state index is 0.190. The topological polar surface area (TPSA) is 45.5 Å². The molecule has 1 atom stereocenters. The average Bonchev–Trinajstić information content (AvgIpc) is 3.04. The van der Waals surface area contributed by atoms with Crippen molar-refractivity contribution in [2.75, 3.05) is 13.6 Å². The van der Waals surface area contributed by atoms with Crippen LogP contribution in [0.1, 0.15) is 24.3 Å². The summed E-state index contributed by atoms with van der Waals surface area (Å²) < 4.78 is 19.0. The highest BCUT2D eigenvalue weighted by atomic mass is 19.1. The highest BCUT2D eigenvalue weighted by molar-refractivity contribution is 5.78. The zero-order chi connectivity index (χ0) is 17.8. The molecule has 25 heavy (non-hydrogen) atoms. The lowest BCUT2D eigenvalue weighted by Gasteiger charge is -2.23. The van der Waals surface area contributed by atoms with Gasteiger partial charge >= 0.3 is 6.03 Å². The monoisotopic (exact) mass is 340 g/mol. The molecule has 2 amide bonds. The Morgan fingerprint density at radius 1 is 1.20 bits per heavy atom. The smallest absolute Gasteiger partial charge is 0.317 e. The van der Waals surface area contributed by atoms with Crippen LogP contribution < -0.4 is 5.32 Å². The van der Waals surface area contributed by atoms with Gasteiger partial charge in [-0.05, 0) is 43.2 Å². The van der Waals surface area contributed by atoms with E-state index in [1.807, 2.05) is 43.3 Å². The quantitative estimate of drug-likeness (QED) is 0.742. The van der Waals surface area contributed by atoms with Crippen LogP contribution in [0, 0.1) is 5.82 Å². The second kappa shape index (κ2) is 7.38. The van der Waals surface area contributed by atoms with E-state index in [0.29, 0.717) is 13.0 Å². The first-order valence-electron chi connectivity index (χ1n) is 8.28. The number of carbonyl (C=O) groups excluding carboxylic acids is 1. The summed E-state index contributed by atoms with van der Waals surface area (Å²) in [6, 6.07) is 15.7. The van der Waals surface area contributed by atoms with Crippen LogP contribution in [0.25, 0.3) is 11.0 Å². The summed E-state index contributed by atoms with van der Waals surface area (Å²) in [6.07, 6.45) is 0.580. The van der Waals surface area contributed by atoms with E-state index in [9.17, 15) is 9.18 Å². The molecule has 0 aliphatic heterocycles. The maximum absolute atomic E-state index is 13.2. The average molecular weight is 340 g/mol. The molecular formula is C20H21FN2O2. The summed E-state index contributed by atoms with van der Waals surface area (Å²) >= 11 is 0. The van der Waals surface area contributed by atoms with E-state index in [4.69, 9.17) is 4.42 Å². The molecular weight excluding hydrogens is 319 g/mol. The predicted octanol–water partition coefficient (Wildman–Crippen LogP) is 4.52. The van der Waals surface area contributed by atoms with Gasteiger partial charge < -0.3 is 14.6 Å². The molecule has 4 nitrogen and oxygen atoms in total. The molecule has 5 heteroatoms. The van der Waals surface area contributed by atoms with E-state index >= 15 is 0 Å². The number of carbonyl (C=O) groups is 1. The van der Waals surface area contributed by atoms with Gasteiger partial charge in [0.25, 0.3) is 0 Å². The minimum atomic E-state index is -0.264. The fraction of sp³-hybridized carbons (Fsp3) is 0.250. The first kappa shape index (κ1) is 17.0. The Kier molecular flexibility index (Phi) is 5.03. The van der Waals surface area contributed by atoms with Crippen LogP contribution >= 0.6 is 0 Å². The fourth-order valence-electron chi connectivity index (χ4n) is 2.71. The van der Waals surface area contributed by atoms with Crippen LogP contribution in [0.4, 0.5) is 9.18 Å². The summed E-state index contributed by atoms with van der Waals surface area (Å²) in [5.41, 5.74) is 1.66. The summed E-state index contributed by atoms with van der Waals surface area (Å²) in [7, 11) is 1.73. The number of furan rings is 1. The first-order chi connectivity index (χ1) is 12.0. The van der Waals surface area contributed by atoms with Gasteiger partial charge in [0, 0.05) is 19.0 Å². The number of halogens is 1. The lowest BCUT2D eigenvalue weighted by Crippen LogP contribution is -2.39. The van der Waals surface area contributed by atoms with Crippen molar-refractivity contribution in [2.45, 2.75) is 19.4 Å². The van der Waals surface area contributed by atoms with Crippen LogP contribution in [0.5, 0.6) is 0 Å². The highest BCUT2D eigenvalue weighted by Gasteiger charge is 2.20. The van der Waals surface area contributed by atoms with E-state index in [1.54, 1.807) is 18.0 Å². The van der Waals surface area contributed by atoms with Crippen molar-refractivity contribution in [3.63, 3.8) is 0 Å². The molecule has 0 saturated heterocycles. The SMILES string of the molecule is C[C@H](c1cc2ccccc2o1)N(C)C(=O)NCCc1cccc(F)c1. The van der Waals surface area contributed by atoms with E-state index in [1.165, 1.54) is 12.1 Å². The number of amides is 2. The van der Waals surface area contributed by atoms with Gasteiger partial charge in [0.05, 0.1) is 6.04 Å². The lowest BCUT2D eigenvalue weighted by molar-refractivity contribution is 0.188. The number of nitrogens with zero attached hydrogens (tertiary/aromatic N) is 1. The molecule has 0 spiro atoms. The Labute approximate surface area is 146 Å². The third kappa shape index (κ3) is 3.99. The molecule has 0 radical (unpaired) electrons. The molecule has 0 bridgehead atoms. The van der Waals surface area contributed by atoms with Crippen LogP contribution in [-0.2, 0) is 6.42 Å². The Morgan fingerprint density at radius 3 is 2.76 bits per heavy atom. The molecule has 0 aliphatic rings. The molecule has 0 fully saturated rings. The van der Waals surface area contributed by atoms with Crippen LogP contribution in [-0.4, -0.2) is 24.5 Å². The summed E-state index contributed by atoms with van der Waals surface area (Å²) in [6.45, 7) is 2.36. The van der Waals surface area contributed by atoms with E-state index < -0.39 is 0 Å². The van der Waals surface area contributed by atoms with Gasteiger partial charge in [-0.3, -0.25) is 0 Å². The van der Waals surface area contributed by atoms with Gasteiger partial charge in [-0.1, -0.05) is 30.3 Å². The molecule has 0 unspecified atom stereocenters. The van der Waals surface area contributed by atoms with Gasteiger partial charge in [0.2, 0.25) is 0 Å². The number of rotatable bonds is 5. The number of benzene rings is 2. The Hall–Kier alpha value is -2.82. The van der Waals surface area contributed by atoms with Crippen molar-refractivity contribution in [2.24, 2.45) is 0 Å². The standard InChI is InChI=1S/C20H21FN2O2/c1-14(19-13-16-7-3-4-9-18(16)25-19)23(2)20(24)22-11-10-15-6-5-8-17(21)12-15/h3-9,12-14H,10-11H2,1-2H3,(H,22,24)/t14-/m1/s1. The summed E-state index contributed by atoms with van der Waals surface area (Å²) in [5.74, 6) is 0.475. The number of hydrogen-bond donors (Lipinski definition) is 1. The van der Waals surface area contributed by atoms with Gasteiger partial charge in [-0.15, -0.1) is 0 Å². The van der Waals surface area contributed by atoms with Crippen molar-refractivity contribution >= 4 is 17.0 Å². The first-order valence-corrected chi connectivity index (χ1v) is 8.28. The second-order valence-electron chi connectivity index (χ2n) is 6.09. The largest absolute Gasteiger partial charge is 0.459 e. The Balaban J connectivity index is 1.57. The number of urea groups is 1. The summed E-state index contributed by atoms with van der Waals surface area (Å²) in [5, 5.41) is 3.88. The second-order valence-corrected chi connectivity index (χ2v) is 6.09. The van der Waals surface area contributed by atoms with E-state index in [-0.39, 0.29) is 17.9 Å². The van der Waals surface area contributed by atoms with E-state index in [0.717, 1.165) is 22.3 Å². The predicted molar refractivity (Wildman–Crippen MR) is 95.9 cm³/mol. The van der Waals surface area contributed by atoms with Gasteiger partial charge in [-0.25, -0.2) is 9.18 Å². The highest BCUT2D eigenvalue weighted by Crippen LogP contribution is 2.26. The van der Waals surface area contributed by atoms with Crippen molar-refractivity contribution in [3.8, 4) is 0 Å². The molecule has 0 saturated carbocycles. The molecule has 1 aromatic heterocycles. The fourth-order valence-corrected chi connectivity index (χ4v) is 2.71.